The van der Waals surface area contributed by atoms with Gasteiger partial charge in [-0.3, -0.25) is 4.79 Å². The summed E-state index contributed by atoms with van der Waals surface area (Å²) in [4.78, 5) is 10.6. The van der Waals surface area contributed by atoms with Gasteiger partial charge in [0.2, 0.25) is 0 Å². The van der Waals surface area contributed by atoms with E-state index in [4.69, 9.17) is 14.6 Å². The molecule has 0 aliphatic carbocycles. The van der Waals surface area contributed by atoms with E-state index in [0.717, 1.165) is 0 Å². The molecule has 1 N–H and O–H groups in total. The molecule has 0 radical (unpaired) electrons. The van der Waals surface area contributed by atoms with Crippen LogP contribution in [0.4, 0.5) is 4.39 Å². The van der Waals surface area contributed by atoms with Crippen LogP contribution in [-0.2, 0) is 17.8 Å². The van der Waals surface area contributed by atoms with Gasteiger partial charge < -0.3 is 14.6 Å². The average molecular weight is 290 g/mol. The Bertz CT molecular complexity index is 623. The highest BCUT2D eigenvalue weighted by atomic mass is 19.1. The van der Waals surface area contributed by atoms with Crippen LogP contribution >= 0.6 is 0 Å². The second kappa shape index (κ2) is 6.74. The predicted octanol–water partition coefficient (Wildman–Crippen LogP) is 3.04. The van der Waals surface area contributed by atoms with Gasteiger partial charge in [0.25, 0.3) is 0 Å². The van der Waals surface area contributed by atoms with Crippen molar-refractivity contribution in [2.75, 3.05) is 7.11 Å². The highest BCUT2D eigenvalue weighted by Crippen LogP contribution is 2.22. The minimum atomic E-state index is -0.881. The Morgan fingerprint density at radius 1 is 1.19 bits per heavy atom. The number of halogens is 1. The normalized spacial score (nSPS) is 10.2. The highest BCUT2D eigenvalue weighted by Gasteiger charge is 2.06. The smallest absolute Gasteiger partial charge is 0.307 e. The predicted molar refractivity (Wildman–Crippen MR) is 75.1 cm³/mol. The molecule has 0 atom stereocenters. The Balaban J connectivity index is 2.03. The zero-order valence-electron chi connectivity index (χ0n) is 11.5. The minimum Gasteiger partial charge on any atom is -0.496 e. The number of hydrogen-bond donors (Lipinski definition) is 1. The van der Waals surface area contributed by atoms with Gasteiger partial charge in [-0.1, -0.05) is 12.1 Å². The van der Waals surface area contributed by atoms with Gasteiger partial charge in [0.15, 0.2) is 0 Å². The summed E-state index contributed by atoms with van der Waals surface area (Å²) in [6, 6.07) is 11.0. The molecule has 5 heteroatoms. The Morgan fingerprint density at radius 3 is 2.52 bits per heavy atom. The lowest BCUT2D eigenvalue weighted by molar-refractivity contribution is -0.136. The van der Waals surface area contributed by atoms with Gasteiger partial charge in [0, 0.05) is 5.56 Å². The topological polar surface area (TPSA) is 55.8 Å². The fraction of sp³-hybridized carbons (Fsp3) is 0.188. The first-order valence-electron chi connectivity index (χ1n) is 6.34. The van der Waals surface area contributed by atoms with Crippen molar-refractivity contribution < 1.29 is 23.8 Å². The molecule has 0 aromatic heterocycles. The van der Waals surface area contributed by atoms with E-state index in [1.54, 1.807) is 30.3 Å². The summed E-state index contributed by atoms with van der Waals surface area (Å²) in [5.74, 6) is -0.103. The SMILES string of the molecule is COc1ccc(F)cc1COc1ccc(CC(=O)O)cc1. The molecule has 0 saturated heterocycles. The Kier molecular flexibility index (Phi) is 4.77. The maximum atomic E-state index is 13.2. The number of methoxy groups -OCH3 is 1. The number of benzene rings is 2. The number of hydrogen-bond acceptors (Lipinski definition) is 3. The molecule has 0 heterocycles. The molecule has 0 amide bonds. The molecule has 0 saturated carbocycles. The maximum Gasteiger partial charge on any atom is 0.307 e. The number of rotatable bonds is 6. The molecule has 0 aliphatic rings. The summed E-state index contributed by atoms with van der Waals surface area (Å²) < 4.78 is 23.9. The Labute approximate surface area is 121 Å². The molecule has 0 spiro atoms. The average Bonchev–Trinajstić information content (AvgIpc) is 2.46. The Hall–Kier alpha value is -2.56. The van der Waals surface area contributed by atoms with Gasteiger partial charge in [-0.05, 0) is 35.9 Å². The molecule has 21 heavy (non-hydrogen) atoms. The summed E-state index contributed by atoms with van der Waals surface area (Å²) in [6.45, 7) is 0.166. The third-order valence-electron chi connectivity index (χ3n) is 2.92. The van der Waals surface area contributed by atoms with Crippen molar-refractivity contribution in [3.63, 3.8) is 0 Å². The van der Waals surface area contributed by atoms with E-state index in [9.17, 15) is 9.18 Å². The van der Waals surface area contributed by atoms with Crippen LogP contribution < -0.4 is 9.47 Å². The van der Waals surface area contributed by atoms with Crippen molar-refractivity contribution >= 4 is 5.97 Å². The first-order chi connectivity index (χ1) is 10.1. The second-order valence-electron chi connectivity index (χ2n) is 4.46. The van der Waals surface area contributed by atoms with Crippen LogP contribution in [0.5, 0.6) is 11.5 Å². The first-order valence-corrected chi connectivity index (χ1v) is 6.34. The lowest BCUT2D eigenvalue weighted by atomic mass is 10.1. The zero-order valence-corrected chi connectivity index (χ0v) is 11.5. The molecular weight excluding hydrogens is 275 g/mol. The third-order valence-corrected chi connectivity index (χ3v) is 2.92. The molecular formula is C16H15FO4. The highest BCUT2D eigenvalue weighted by molar-refractivity contribution is 5.70. The molecule has 2 rings (SSSR count). The fourth-order valence-corrected chi connectivity index (χ4v) is 1.90. The number of carbonyl (C=O) groups is 1. The van der Waals surface area contributed by atoms with Crippen LogP contribution in [0.25, 0.3) is 0 Å². The van der Waals surface area contributed by atoms with Crippen molar-refractivity contribution in [3.8, 4) is 11.5 Å². The van der Waals surface area contributed by atoms with Crippen molar-refractivity contribution in [2.24, 2.45) is 0 Å². The lowest BCUT2D eigenvalue weighted by Gasteiger charge is -2.10. The number of ether oxygens (including phenoxy) is 2. The molecule has 2 aromatic rings. The maximum absolute atomic E-state index is 13.2. The van der Waals surface area contributed by atoms with Crippen molar-refractivity contribution in [1.82, 2.24) is 0 Å². The summed E-state index contributed by atoms with van der Waals surface area (Å²) in [7, 11) is 1.51. The van der Waals surface area contributed by atoms with Gasteiger partial charge in [0.05, 0.1) is 13.5 Å². The van der Waals surface area contributed by atoms with Crippen LogP contribution in [0, 0.1) is 5.82 Å². The molecule has 2 aromatic carbocycles. The summed E-state index contributed by atoms with van der Waals surface area (Å²) >= 11 is 0. The van der Waals surface area contributed by atoms with Gasteiger partial charge in [-0.2, -0.15) is 0 Å². The van der Waals surface area contributed by atoms with E-state index in [-0.39, 0.29) is 18.8 Å². The second-order valence-corrected chi connectivity index (χ2v) is 4.46. The van der Waals surface area contributed by atoms with Crippen molar-refractivity contribution in [1.29, 1.82) is 0 Å². The van der Waals surface area contributed by atoms with E-state index in [1.165, 1.54) is 19.2 Å². The first kappa shape index (κ1) is 14.8. The lowest BCUT2D eigenvalue weighted by Crippen LogP contribution is -2.01. The molecule has 0 fully saturated rings. The van der Waals surface area contributed by atoms with Gasteiger partial charge in [-0.15, -0.1) is 0 Å². The summed E-state index contributed by atoms with van der Waals surface area (Å²) in [5.41, 5.74) is 1.30. The van der Waals surface area contributed by atoms with Crippen LogP contribution in [0.1, 0.15) is 11.1 Å². The molecule has 0 aliphatic heterocycles. The zero-order chi connectivity index (χ0) is 15.2. The molecule has 4 nitrogen and oxygen atoms in total. The monoisotopic (exact) mass is 290 g/mol. The van der Waals surface area contributed by atoms with Crippen LogP contribution in [0.15, 0.2) is 42.5 Å². The summed E-state index contributed by atoms with van der Waals surface area (Å²) in [6.07, 6.45) is -0.0298. The fourth-order valence-electron chi connectivity index (χ4n) is 1.90. The number of carboxylic acid groups (broad SMARTS) is 1. The standard InChI is InChI=1S/C16H15FO4/c1-20-15-7-4-13(17)9-12(15)10-21-14-5-2-11(3-6-14)8-16(18)19/h2-7,9H,8,10H2,1H3,(H,18,19). The Morgan fingerprint density at radius 2 is 1.90 bits per heavy atom. The van der Waals surface area contributed by atoms with Gasteiger partial charge in [-0.25, -0.2) is 4.39 Å². The molecule has 110 valence electrons. The van der Waals surface area contributed by atoms with Crippen LogP contribution in [0.3, 0.4) is 0 Å². The van der Waals surface area contributed by atoms with E-state index < -0.39 is 5.97 Å². The van der Waals surface area contributed by atoms with Gasteiger partial charge >= 0.3 is 5.97 Å². The quantitative estimate of drug-likeness (QED) is 0.888. The van der Waals surface area contributed by atoms with E-state index in [2.05, 4.69) is 0 Å². The number of carboxylic acids is 1. The molecule has 0 unspecified atom stereocenters. The van der Waals surface area contributed by atoms with Crippen LogP contribution in [-0.4, -0.2) is 18.2 Å². The van der Waals surface area contributed by atoms with Gasteiger partial charge in [0.1, 0.15) is 23.9 Å². The van der Waals surface area contributed by atoms with E-state index >= 15 is 0 Å². The van der Waals surface area contributed by atoms with E-state index in [1.807, 2.05) is 0 Å². The minimum absolute atomic E-state index is 0.0298. The largest absolute Gasteiger partial charge is 0.496 e. The summed E-state index contributed by atoms with van der Waals surface area (Å²) in [5, 5.41) is 8.69. The number of aliphatic carboxylic acids is 1. The van der Waals surface area contributed by atoms with Crippen molar-refractivity contribution in [2.45, 2.75) is 13.0 Å². The third kappa shape index (κ3) is 4.21. The van der Waals surface area contributed by atoms with Crippen molar-refractivity contribution in [3.05, 3.63) is 59.4 Å². The van der Waals surface area contributed by atoms with Crippen LogP contribution in [0.2, 0.25) is 0 Å². The van der Waals surface area contributed by atoms with E-state index in [0.29, 0.717) is 22.6 Å². The molecule has 0 bridgehead atoms.